The van der Waals surface area contributed by atoms with Gasteiger partial charge in [0.15, 0.2) is 0 Å². The number of carbonyl (C=O) groups is 2. The van der Waals surface area contributed by atoms with Crippen LogP contribution in [0.1, 0.15) is 0 Å². The summed E-state index contributed by atoms with van der Waals surface area (Å²) in [6.45, 7) is 2.36. The highest BCUT2D eigenvalue weighted by Crippen LogP contribution is 2.12. The highest BCUT2D eigenvalue weighted by molar-refractivity contribution is 5.92. The molecule has 0 aromatic heterocycles. The monoisotopic (exact) mass is 295 g/mol. The standard InChI is InChI=1S/C14H18FN3O3/c1-21-14(20)18-8-6-17(7-9-18)10-13(19)16-12-5-3-2-4-11(12)15/h2-5H,6-10H2,1H3,(H,16,19). The van der Waals surface area contributed by atoms with Gasteiger partial charge in [-0.05, 0) is 12.1 Å². The second-order valence-corrected chi connectivity index (χ2v) is 4.76. The van der Waals surface area contributed by atoms with E-state index >= 15 is 0 Å². The van der Waals surface area contributed by atoms with Crippen LogP contribution in [0.15, 0.2) is 24.3 Å². The quantitative estimate of drug-likeness (QED) is 0.908. The molecule has 2 rings (SSSR count). The molecule has 2 amide bonds. The lowest BCUT2D eigenvalue weighted by molar-refractivity contribution is -0.117. The van der Waals surface area contributed by atoms with Crippen molar-refractivity contribution in [1.29, 1.82) is 0 Å². The van der Waals surface area contributed by atoms with E-state index in [1.807, 2.05) is 4.90 Å². The fourth-order valence-electron chi connectivity index (χ4n) is 2.17. The first-order valence-corrected chi connectivity index (χ1v) is 6.70. The van der Waals surface area contributed by atoms with Gasteiger partial charge in [-0.3, -0.25) is 9.69 Å². The van der Waals surface area contributed by atoms with Gasteiger partial charge in [-0.2, -0.15) is 0 Å². The minimum atomic E-state index is -0.457. The Kier molecular flexibility index (Phi) is 5.10. The number of methoxy groups -OCH3 is 1. The molecule has 1 fully saturated rings. The first kappa shape index (κ1) is 15.2. The number of para-hydroxylation sites is 1. The van der Waals surface area contributed by atoms with Gasteiger partial charge >= 0.3 is 6.09 Å². The van der Waals surface area contributed by atoms with Crippen molar-refractivity contribution in [3.05, 3.63) is 30.1 Å². The third kappa shape index (κ3) is 4.16. The molecule has 21 heavy (non-hydrogen) atoms. The Labute approximate surface area is 122 Å². The molecular formula is C14H18FN3O3. The Bertz CT molecular complexity index is 516. The van der Waals surface area contributed by atoms with Gasteiger partial charge in [-0.1, -0.05) is 12.1 Å². The predicted molar refractivity (Wildman–Crippen MR) is 75.4 cm³/mol. The molecular weight excluding hydrogens is 277 g/mol. The molecule has 1 aromatic rings. The van der Waals surface area contributed by atoms with Gasteiger partial charge in [-0.25, -0.2) is 9.18 Å². The van der Waals surface area contributed by atoms with E-state index in [-0.39, 0.29) is 24.2 Å². The molecule has 0 spiro atoms. The van der Waals surface area contributed by atoms with E-state index in [0.29, 0.717) is 26.2 Å². The van der Waals surface area contributed by atoms with Crippen molar-refractivity contribution in [2.24, 2.45) is 0 Å². The lowest BCUT2D eigenvalue weighted by Gasteiger charge is -2.33. The molecule has 1 aromatic carbocycles. The number of rotatable bonds is 3. The van der Waals surface area contributed by atoms with Gasteiger partial charge in [-0.15, -0.1) is 0 Å². The second-order valence-electron chi connectivity index (χ2n) is 4.76. The summed E-state index contributed by atoms with van der Waals surface area (Å²) < 4.78 is 18.1. The van der Waals surface area contributed by atoms with Gasteiger partial charge in [0.05, 0.1) is 19.3 Å². The lowest BCUT2D eigenvalue weighted by Crippen LogP contribution is -2.50. The summed E-state index contributed by atoms with van der Waals surface area (Å²) >= 11 is 0. The molecule has 1 heterocycles. The van der Waals surface area contributed by atoms with Crippen molar-refractivity contribution >= 4 is 17.7 Å². The molecule has 0 aliphatic carbocycles. The lowest BCUT2D eigenvalue weighted by atomic mass is 10.3. The summed E-state index contributed by atoms with van der Waals surface area (Å²) in [5, 5.41) is 2.54. The average Bonchev–Trinajstić information content (AvgIpc) is 2.49. The summed E-state index contributed by atoms with van der Waals surface area (Å²) in [5.41, 5.74) is 0.177. The zero-order valence-electron chi connectivity index (χ0n) is 11.8. The molecule has 1 aliphatic heterocycles. The van der Waals surface area contributed by atoms with Crippen LogP contribution in [0.5, 0.6) is 0 Å². The average molecular weight is 295 g/mol. The summed E-state index contributed by atoms with van der Waals surface area (Å²) in [6, 6.07) is 6.04. The van der Waals surface area contributed by atoms with Gasteiger partial charge in [0.25, 0.3) is 0 Å². The zero-order chi connectivity index (χ0) is 15.2. The smallest absolute Gasteiger partial charge is 0.409 e. The number of hydrogen-bond acceptors (Lipinski definition) is 4. The van der Waals surface area contributed by atoms with E-state index in [9.17, 15) is 14.0 Å². The fourth-order valence-corrected chi connectivity index (χ4v) is 2.17. The largest absolute Gasteiger partial charge is 0.453 e. The van der Waals surface area contributed by atoms with E-state index in [2.05, 4.69) is 10.1 Å². The predicted octanol–water partition coefficient (Wildman–Crippen LogP) is 1.15. The van der Waals surface area contributed by atoms with Crippen molar-refractivity contribution < 1.29 is 18.7 Å². The van der Waals surface area contributed by atoms with Gasteiger partial charge < -0.3 is 15.0 Å². The normalized spacial score (nSPS) is 15.6. The van der Waals surface area contributed by atoms with Crippen molar-refractivity contribution in [3.8, 4) is 0 Å². The van der Waals surface area contributed by atoms with Crippen LogP contribution in [0.3, 0.4) is 0 Å². The molecule has 0 saturated carbocycles. The number of benzene rings is 1. The van der Waals surface area contributed by atoms with E-state index in [0.717, 1.165) is 0 Å². The second kappa shape index (κ2) is 7.03. The van der Waals surface area contributed by atoms with E-state index < -0.39 is 5.82 Å². The molecule has 114 valence electrons. The minimum Gasteiger partial charge on any atom is -0.453 e. The zero-order valence-corrected chi connectivity index (χ0v) is 11.8. The van der Waals surface area contributed by atoms with Gasteiger partial charge in [0.2, 0.25) is 5.91 Å². The van der Waals surface area contributed by atoms with E-state index in [1.54, 1.807) is 17.0 Å². The van der Waals surface area contributed by atoms with Crippen LogP contribution in [0, 0.1) is 5.82 Å². The molecule has 1 saturated heterocycles. The Morgan fingerprint density at radius 3 is 2.52 bits per heavy atom. The highest BCUT2D eigenvalue weighted by atomic mass is 19.1. The Morgan fingerprint density at radius 2 is 1.90 bits per heavy atom. The third-order valence-electron chi connectivity index (χ3n) is 3.32. The van der Waals surface area contributed by atoms with E-state index in [1.165, 1.54) is 19.2 Å². The van der Waals surface area contributed by atoms with Gasteiger partial charge in [0, 0.05) is 26.2 Å². The molecule has 1 N–H and O–H groups in total. The maximum Gasteiger partial charge on any atom is 0.409 e. The summed E-state index contributed by atoms with van der Waals surface area (Å²) in [4.78, 5) is 26.7. The van der Waals surface area contributed by atoms with E-state index in [4.69, 9.17) is 0 Å². The van der Waals surface area contributed by atoms with Crippen LogP contribution in [0.25, 0.3) is 0 Å². The van der Waals surface area contributed by atoms with Crippen LogP contribution >= 0.6 is 0 Å². The number of halogens is 1. The highest BCUT2D eigenvalue weighted by Gasteiger charge is 2.22. The SMILES string of the molecule is COC(=O)N1CCN(CC(=O)Nc2ccccc2F)CC1. The summed E-state index contributed by atoms with van der Waals surface area (Å²) in [6.07, 6.45) is -0.356. The number of anilines is 1. The number of hydrogen-bond donors (Lipinski definition) is 1. The number of nitrogens with zero attached hydrogens (tertiary/aromatic N) is 2. The molecule has 6 nitrogen and oxygen atoms in total. The van der Waals surface area contributed by atoms with Crippen LogP contribution in [0.4, 0.5) is 14.9 Å². The Hall–Kier alpha value is -2.15. The molecule has 0 radical (unpaired) electrons. The van der Waals surface area contributed by atoms with Crippen LogP contribution in [-0.4, -0.2) is 61.6 Å². The maximum absolute atomic E-state index is 13.4. The van der Waals surface area contributed by atoms with Crippen molar-refractivity contribution in [1.82, 2.24) is 9.80 Å². The Balaban J connectivity index is 1.80. The Morgan fingerprint density at radius 1 is 1.24 bits per heavy atom. The number of piperazine rings is 1. The van der Waals surface area contributed by atoms with Crippen molar-refractivity contribution in [2.45, 2.75) is 0 Å². The molecule has 0 atom stereocenters. The fraction of sp³-hybridized carbons (Fsp3) is 0.429. The first-order valence-electron chi connectivity index (χ1n) is 6.70. The first-order chi connectivity index (χ1) is 10.1. The number of nitrogens with one attached hydrogen (secondary N) is 1. The van der Waals surface area contributed by atoms with Gasteiger partial charge in [0.1, 0.15) is 5.82 Å². The van der Waals surface area contributed by atoms with Crippen molar-refractivity contribution in [3.63, 3.8) is 0 Å². The summed E-state index contributed by atoms with van der Waals surface area (Å²) in [5.74, 6) is -0.729. The van der Waals surface area contributed by atoms with Crippen molar-refractivity contribution in [2.75, 3.05) is 45.2 Å². The van der Waals surface area contributed by atoms with Crippen LogP contribution in [-0.2, 0) is 9.53 Å². The molecule has 7 heteroatoms. The molecule has 0 unspecified atom stereocenters. The van der Waals surface area contributed by atoms with Crippen LogP contribution in [0.2, 0.25) is 0 Å². The number of carbonyl (C=O) groups excluding carboxylic acids is 2. The maximum atomic E-state index is 13.4. The molecule has 1 aliphatic rings. The number of ether oxygens (including phenoxy) is 1. The third-order valence-corrected chi connectivity index (χ3v) is 3.32. The molecule has 0 bridgehead atoms. The number of amides is 2. The minimum absolute atomic E-state index is 0.170. The van der Waals surface area contributed by atoms with Crippen LogP contribution < -0.4 is 5.32 Å². The summed E-state index contributed by atoms with van der Waals surface area (Å²) in [7, 11) is 1.34. The topological polar surface area (TPSA) is 61.9 Å².